The van der Waals surface area contributed by atoms with E-state index in [-0.39, 0.29) is 27.9 Å². The molecule has 0 aromatic heterocycles. The summed E-state index contributed by atoms with van der Waals surface area (Å²) in [4.78, 5) is 23.9. The second-order valence-electron chi connectivity index (χ2n) is 6.34. The van der Waals surface area contributed by atoms with Crippen molar-refractivity contribution in [1.29, 1.82) is 0 Å². The Morgan fingerprint density at radius 1 is 1.21 bits per heavy atom. The molecule has 0 aliphatic carbocycles. The topological polar surface area (TPSA) is 119 Å². The number of ether oxygens (including phenoxy) is 1. The minimum atomic E-state index is -4.02. The van der Waals surface area contributed by atoms with Gasteiger partial charge in [0.25, 0.3) is 15.7 Å². The second-order valence-corrected chi connectivity index (χ2v) is 8.03. The molecule has 1 N–H and O–H groups in total. The first kappa shape index (κ1) is 19.6. The fourth-order valence-electron chi connectivity index (χ4n) is 3.09. The minimum Gasteiger partial charge on any atom is -0.495 e. The zero-order valence-electron chi connectivity index (χ0n) is 15.3. The molecule has 1 aliphatic rings. The second kappa shape index (κ2) is 7.47. The molecule has 0 radical (unpaired) electrons. The van der Waals surface area contributed by atoms with Gasteiger partial charge < -0.3 is 9.64 Å². The summed E-state index contributed by atoms with van der Waals surface area (Å²) in [5.41, 5.74) is 1.02. The zero-order valence-corrected chi connectivity index (χ0v) is 16.2. The van der Waals surface area contributed by atoms with Gasteiger partial charge in [0.2, 0.25) is 5.91 Å². The van der Waals surface area contributed by atoms with Crippen molar-refractivity contribution in [3.63, 3.8) is 0 Å². The van der Waals surface area contributed by atoms with Crippen LogP contribution < -0.4 is 14.4 Å². The van der Waals surface area contributed by atoms with E-state index in [1.165, 1.54) is 31.4 Å². The Labute approximate surface area is 162 Å². The van der Waals surface area contributed by atoms with Crippen molar-refractivity contribution in [1.82, 2.24) is 0 Å². The first-order valence-electron chi connectivity index (χ1n) is 8.49. The lowest BCUT2D eigenvalue weighted by Crippen LogP contribution is -2.24. The molecule has 1 aliphatic heterocycles. The first-order valence-corrected chi connectivity index (χ1v) is 9.97. The van der Waals surface area contributed by atoms with E-state index in [9.17, 15) is 23.3 Å². The molecule has 1 saturated heterocycles. The van der Waals surface area contributed by atoms with Gasteiger partial charge in [-0.15, -0.1) is 0 Å². The molecule has 3 rings (SSSR count). The molecule has 2 aromatic carbocycles. The number of methoxy groups -OCH3 is 1. The predicted octanol–water partition coefficient (Wildman–Crippen LogP) is 2.84. The smallest absolute Gasteiger partial charge is 0.271 e. The third kappa shape index (κ3) is 3.77. The van der Waals surface area contributed by atoms with Gasteiger partial charge in [0.1, 0.15) is 5.75 Å². The lowest BCUT2D eigenvalue weighted by molar-refractivity contribution is -0.384. The van der Waals surface area contributed by atoms with Crippen LogP contribution in [0, 0.1) is 17.0 Å². The molecule has 9 nitrogen and oxygen atoms in total. The van der Waals surface area contributed by atoms with Crippen LogP contribution in [-0.2, 0) is 14.8 Å². The highest BCUT2D eigenvalue weighted by Crippen LogP contribution is 2.32. The van der Waals surface area contributed by atoms with E-state index in [0.717, 1.165) is 12.5 Å². The van der Waals surface area contributed by atoms with Gasteiger partial charge in [0.05, 0.1) is 22.6 Å². The van der Waals surface area contributed by atoms with E-state index in [0.29, 0.717) is 24.2 Å². The van der Waals surface area contributed by atoms with E-state index >= 15 is 0 Å². The molecule has 1 heterocycles. The van der Waals surface area contributed by atoms with Crippen LogP contribution in [-0.4, -0.2) is 32.9 Å². The van der Waals surface area contributed by atoms with Gasteiger partial charge >= 0.3 is 0 Å². The predicted molar refractivity (Wildman–Crippen MR) is 103 cm³/mol. The van der Waals surface area contributed by atoms with Gasteiger partial charge in [-0.1, -0.05) is 0 Å². The number of amides is 1. The highest BCUT2D eigenvalue weighted by atomic mass is 32.2. The monoisotopic (exact) mass is 405 g/mol. The van der Waals surface area contributed by atoms with Crippen molar-refractivity contribution in [2.75, 3.05) is 23.3 Å². The van der Waals surface area contributed by atoms with Crippen LogP contribution in [0.4, 0.5) is 17.1 Å². The van der Waals surface area contributed by atoms with Crippen molar-refractivity contribution in [3.05, 3.63) is 52.1 Å². The van der Waals surface area contributed by atoms with E-state index < -0.39 is 14.9 Å². The Bertz CT molecular complexity index is 1050. The van der Waals surface area contributed by atoms with Crippen molar-refractivity contribution in [2.45, 2.75) is 24.7 Å². The molecule has 2 aromatic rings. The number of hydrogen-bond donors (Lipinski definition) is 1. The van der Waals surface area contributed by atoms with Gasteiger partial charge in [0, 0.05) is 30.8 Å². The van der Waals surface area contributed by atoms with Crippen LogP contribution in [0.15, 0.2) is 41.3 Å². The number of carbonyl (C=O) groups excluding carboxylic acids is 1. The van der Waals surface area contributed by atoms with Crippen molar-refractivity contribution in [3.8, 4) is 5.75 Å². The standard InChI is InChI=1S/C18H19N3O6S/c1-12-10-14(6-7-16(12)20-9-3-4-18(20)22)28(25,26)19-15-11-13(21(23)24)5-8-17(15)27-2/h5-8,10-11,19H,3-4,9H2,1-2H3. The van der Waals surface area contributed by atoms with Crippen molar-refractivity contribution < 1.29 is 22.9 Å². The summed E-state index contributed by atoms with van der Waals surface area (Å²) in [6.45, 7) is 2.34. The molecule has 0 unspecified atom stereocenters. The molecule has 0 spiro atoms. The Morgan fingerprint density at radius 3 is 2.54 bits per heavy atom. The number of nitro benzene ring substituents is 1. The number of hydrogen-bond acceptors (Lipinski definition) is 6. The minimum absolute atomic E-state index is 0.0122. The highest BCUT2D eigenvalue weighted by Gasteiger charge is 2.25. The van der Waals surface area contributed by atoms with Gasteiger partial charge in [-0.2, -0.15) is 0 Å². The summed E-state index contributed by atoms with van der Waals surface area (Å²) in [7, 11) is -2.68. The summed E-state index contributed by atoms with van der Waals surface area (Å²) >= 11 is 0. The lowest BCUT2D eigenvalue weighted by Gasteiger charge is -2.19. The number of anilines is 2. The van der Waals surface area contributed by atoms with Crippen LogP contribution in [0.5, 0.6) is 5.75 Å². The van der Waals surface area contributed by atoms with E-state index in [1.807, 2.05) is 0 Å². The fourth-order valence-corrected chi connectivity index (χ4v) is 4.24. The van der Waals surface area contributed by atoms with Gasteiger partial charge in [-0.3, -0.25) is 19.6 Å². The summed E-state index contributed by atoms with van der Waals surface area (Å²) in [6.07, 6.45) is 1.25. The van der Waals surface area contributed by atoms with Crippen LogP contribution in [0.2, 0.25) is 0 Å². The van der Waals surface area contributed by atoms with Crippen molar-refractivity contribution in [2.24, 2.45) is 0 Å². The van der Waals surface area contributed by atoms with Gasteiger partial charge in [-0.05, 0) is 43.2 Å². The van der Waals surface area contributed by atoms with Crippen LogP contribution in [0.3, 0.4) is 0 Å². The van der Waals surface area contributed by atoms with E-state index in [2.05, 4.69) is 4.72 Å². The Kier molecular flexibility index (Phi) is 5.23. The molecular weight excluding hydrogens is 386 g/mol. The Balaban J connectivity index is 1.93. The zero-order chi connectivity index (χ0) is 20.5. The Morgan fingerprint density at radius 2 is 1.96 bits per heavy atom. The number of aryl methyl sites for hydroxylation is 1. The summed E-state index contributed by atoms with van der Waals surface area (Å²) in [5.74, 6) is 0.170. The SMILES string of the molecule is COc1ccc([N+](=O)[O-])cc1NS(=O)(=O)c1ccc(N2CCCC2=O)c(C)c1. The van der Waals surface area contributed by atoms with E-state index in [1.54, 1.807) is 17.9 Å². The summed E-state index contributed by atoms with van der Waals surface area (Å²) in [5, 5.41) is 11.0. The maximum atomic E-state index is 12.8. The number of benzene rings is 2. The van der Waals surface area contributed by atoms with Crippen molar-refractivity contribution >= 4 is 33.0 Å². The number of nitro groups is 1. The fraction of sp³-hybridized carbons (Fsp3) is 0.278. The molecule has 28 heavy (non-hydrogen) atoms. The maximum absolute atomic E-state index is 12.8. The van der Waals surface area contributed by atoms with Crippen LogP contribution >= 0.6 is 0 Å². The Hall–Kier alpha value is -3.14. The molecule has 1 fully saturated rings. The van der Waals surface area contributed by atoms with E-state index in [4.69, 9.17) is 4.74 Å². The molecule has 0 saturated carbocycles. The summed E-state index contributed by atoms with van der Waals surface area (Å²) < 4.78 is 33.0. The van der Waals surface area contributed by atoms with Gasteiger partial charge in [-0.25, -0.2) is 8.42 Å². The number of non-ortho nitro benzene ring substituents is 1. The lowest BCUT2D eigenvalue weighted by atomic mass is 10.2. The third-order valence-electron chi connectivity index (χ3n) is 4.48. The number of nitrogens with one attached hydrogen (secondary N) is 1. The number of carbonyl (C=O) groups is 1. The van der Waals surface area contributed by atoms with Crippen LogP contribution in [0.25, 0.3) is 0 Å². The first-order chi connectivity index (χ1) is 13.2. The molecular formula is C18H19N3O6S. The molecule has 0 bridgehead atoms. The molecule has 0 atom stereocenters. The molecule has 148 valence electrons. The van der Waals surface area contributed by atoms with Gasteiger partial charge in [0.15, 0.2) is 0 Å². The third-order valence-corrected chi connectivity index (χ3v) is 5.84. The number of sulfonamides is 1. The number of nitrogens with zero attached hydrogens (tertiary/aromatic N) is 2. The average Bonchev–Trinajstić information content (AvgIpc) is 3.07. The summed E-state index contributed by atoms with van der Waals surface area (Å²) in [6, 6.07) is 8.11. The highest BCUT2D eigenvalue weighted by molar-refractivity contribution is 7.92. The van der Waals surface area contributed by atoms with Crippen LogP contribution in [0.1, 0.15) is 18.4 Å². The largest absolute Gasteiger partial charge is 0.495 e. The molecule has 1 amide bonds. The quantitative estimate of drug-likeness (QED) is 0.583. The number of rotatable bonds is 6. The maximum Gasteiger partial charge on any atom is 0.271 e. The molecule has 10 heteroatoms. The average molecular weight is 405 g/mol. The normalized spacial score (nSPS) is 14.2.